The molecule has 1 amide bonds. The fourth-order valence-electron chi connectivity index (χ4n) is 3.54. The highest BCUT2D eigenvalue weighted by atomic mass is 35.5. The van der Waals surface area contributed by atoms with Gasteiger partial charge >= 0.3 is 0 Å². The highest BCUT2D eigenvalue weighted by molar-refractivity contribution is 7.92. The number of carbonyl (C=O) groups excluding carboxylic acids is 1. The molecule has 0 unspecified atom stereocenters. The van der Waals surface area contributed by atoms with Crippen LogP contribution in [-0.2, 0) is 23.6 Å². The highest BCUT2D eigenvalue weighted by Crippen LogP contribution is 2.27. The van der Waals surface area contributed by atoms with Crippen molar-refractivity contribution >= 4 is 44.3 Å². The van der Waals surface area contributed by atoms with E-state index in [4.69, 9.17) is 16.3 Å². The van der Waals surface area contributed by atoms with E-state index in [0.29, 0.717) is 17.3 Å². The van der Waals surface area contributed by atoms with Gasteiger partial charge in [-0.05, 0) is 54.6 Å². The van der Waals surface area contributed by atoms with E-state index >= 15 is 0 Å². The number of hydrogen-bond donors (Lipinski definition) is 1. The highest BCUT2D eigenvalue weighted by Gasteiger charge is 2.24. The van der Waals surface area contributed by atoms with Crippen LogP contribution in [0, 0.1) is 0 Å². The van der Waals surface area contributed by atoms with Crippen molar-refractivity contribution in [3.63, 3.8) is 0 Å². The Morgan fingerprint density at radius 1 is 1.12 bits per heavy atom. The second-order valence-corrected chi connectivity index (χ2v) is 9.95. The van der Waals surface area contributed by atoms with Gasteiger partial charge in [-0.2, -0.15) is 0 Å². The van der Waals surface area contributed by atoms with Crippen molar-refractivity contribution in [3.05, 3.63) is 83.1 Å². The summed E-state index contributed by atoms with van der Waals surface area (Å²) >= 11 is 6.24. The minimum Gasteiger partial charge on any atom is -0.497 e. The molecule has 8 nitrogen and oxygen atoms in total. The molecule has 1 heterocycles. The Labute approximate surface area is 202 Å². The van der Waals surface area contributed by atoms with Gasteiger partial charge in [0.15, 0.2) is 0 Å². The number of para-hydroxylation sites is 2. The number of rotatable bonds is 7. The predicted molar refractivity (Wildman–Crippen MR) is 132 cm³/mol. The van der Waals surface area contributed by atoms with Crippen molar-refractivity contribution in [3.8, 4) is 5.75 Å². The van der Waals surface area contributed by atoms with E-state index in [1.165, 1.54) is 32.4 Å². The summed E-state index contributed by atoms with van der Waals surface area (Å²) in [6.45, 7) is 0.156. The van der Waals surface area contributed by atoms with Gasteiger partial charge in [0.05, 0.1) is 45.9 Å². The molecular formula is C24H23ClN4O4S. The Morgan fingerprint density at radius 2 is 1.82 bits per heavy atom. The number of carbonyl (C=O) groups is 1. The average molecular weight is 499 g/mol. The minimum absolute atomic E-state index is 0.0527. The van der Waals surface area contributed by atoms with Crippen LogP contribution in [0.2, 0.25) is 5.02 Å². The molecule has 0 radical (unpaired) electrons. The van der Waals surface area contributed by atoms with E-state index in [-0.39, 0.29) is 22.0 Å². The third-order valence-corrected chi connectivity index (χ3v) is 7.67. The number of nitrogens with zero attached hydrogens (tertiary/aromatic N) is 3. The fraction of sp³-hybridized carbons (Fsp3) is 0.167. The van der Waals surface area contributed by atoms with Crippen LogP contribution in [0.5, 0.6) is 5.75 Å². The van der Waals surface area contributed by atoms with Crippen LogP contribution < -0.4 is 14.4 Å². The van der Waals surface area contributed by atoms with Crippen molar-refractivity contribution < 1.29 is 17.9 Å². The number of imidazole rings is 1. The summed E-state index contributed by atoms with van der Waals surface area (Å²) in [6.07, 6.45) is 0. The number of hydrogen-bond acceptors (Lipinski definition) is 5. The van der Waals surface area contributed by atoms with Gasteiger partial charge in [-0.25, -0.2) is 13.4 Å². The van der Waals surface area contributed by atoms with Crippen LogP contribution in [0.3, 0.4) is 0 Å². The zero-order valence-electron chi connectivity index (χ0n) is 18.8. The fourth-order valence-corrected chi connectivity index (χ4v) is 4.96. The first kappa shape index (κ1) is 23.6. The lowest BCUT2D eigenvalue weighted by Crippen LogP contribution is -2.28. The maximum atomic E-state index is 13.2. The number of methoxy groups -OCH3 is 1. The first-order valence-electron chi connectivity index (χ1n) is 10.3. The predicted octanol–water partition coefficient (Wildman–Crippen LogP) is 3.99. The van der Waals surface area contributed by atoms with E-state index < -0.39 is 15.9 Å². The van der Waals surface area contributed by atoms with Gasteiger partial charge in [0.1, 0.15) is 11.6 Å². The molecule has 0 atom stereocenters. The summed E-state index contributed by atoms with van der Waals surface area (Å²) in [5, 5.41) is 2.93. The molecule has 4 rings (SSSR count). The standard InChI is InChI=1S/C24H23ClN4O4S/c1-28-22-7-5-4-6-21(22)27-23(28)15-26-24(30)19-14-18(12-13-20(19)25)34(31,32)29(2)16-8-10-17(33-3)11-9-16/h4-14H,15H2,1-3H3,(H,26,30). The largest absolute Gasteiger partial charge is 0.497 e. The molecule has 1 N–H and O–H groups in total. The summed E-state index contributed by atoms with van der Waals surface area (Å²) in [6, 6.07) is 18.3. The summed E-state index contributed by atoms with van der Waals surface area (Å²) in [4.78, 5) is 17.4. The van der Waals surface area contributed by atoms with Crippen molar-refractivity contribution in [2.45, 2.75) is 11.4 Å². The molecule has 0 saturated carbocycles. The Kier molecular flexibility index (Phi) is 6.49. The van der Waals surface area contributed by atoms with Crippen LogP contribution >= 0.6 is 11.6 Å². The van der Waals surface area contributed by atoms with Gasteiger partial charge in [-0.1, -0.05) is 23.7 Å². The number of fused-ring (bicyclic) bond motifs is 1. The smallest absolute Gasteiger partial charge is 0.264 e. The first-order chi connectivity index (χ1) is 16.2. The van der Waals surface area contributed by atoms with E-state index in [2.05, 4.69) is 10.3 Å². The molecule has 10 heteroatoms. The number of aryl methyl sites for hydroxylation is 1. The van der Waals surface area contributed by atoms with Gasteiger partial charge in [0.25, 0.3) is 15.9 Å². The third-order valence-electron chi connectivity index (χ3n) is 5.56. The van der Waals surface area contributed by atoms with E-state index in [9.17, 15) is 13.2 Å². The zero-order valence-corrected chi connectivity index (χ0v) is 20.4. The monoisotopic (exact) mass is 498 g/mol. The molecule has 0 fully saturated rings. The van der Waals surface area contributed by atoms with E-state index in [1.807, 2.05) is 35.9 Å². The van der Waals surface area contributed by atoms with Crippen LogP contribution in [0.4, 0.5) is 5.69 Å². The number of anilines is 1. The third kappa shape index (κ3) is 4.44. The van der Waals surface area contributed by atoms with Gasteiger partial charge in [-0.15, -0.1) is 0 Å². The number of amides is 1. The molecule has 34 heavy (non-hydrogen) atoms. The van der Waals surface area contributed by atoms with Crippen molar-refractivity contribution in [2.24, 2.45) is 7.05 Å². The lowest BCUT2D eigenvalue weighted by atomic mass is 10.2. The minimum atomic E-state index is -3.94. The van der Waals surface area contributed by atoms with Gasteiger partial charge in [0.2, 0.25) is 0 Å². The molecule has 0 bridgehead atoms. The summed E-state index contributed by atoms with van der Waals surface area (Å²) in [7, 11) is 0.904. The second kappa shape index (κ2) is 9.36. The Bertz CT molecular complexity index is 1470. The summed E-state index contributed by atoms with van der Waals surface area (Å²) in [5.41, 5.74) is 2.27. The lowest BCUT2D eigenvalue weighted by molar-refractivity contribution is 0.0949. The Morgan fingerprint density at radius 3 is 2.50 bits per heavy atom. The molecule has 0 aliphatic heterocycles. The second-order valence-electron chi connectivity index (χ2n) is 7.57. The quantitative estimate of drug-likeness (QED) is 0.416. The van der Waals surface area contributed by atoms with Gasteiger partial charge in [-0.3, -0.25) is 9.10 Å². The molecule has 0 spiro atoms. The van der Waals surface area contributed by atoms with Crippen molar-refractivity contribution in [1.82, 2.24) is 14.9 Å². The summed E-state index contributed by atoms with van der Waals surface area (Å²) < 4.78 is 34.6. The normalized spacial score (nSPS) is 11.4. The number of ether oxygens (including phenoxy) is 1. The number of benzene rings is 3. The zero-order chi connectivity index (χ0) is 24.5. The Hall–Kier alpha value is -3.56. The molecule has 0 aliphatic rings. The molecule has 176 valence electrons. The van der Waals surface area contributed by atoms with Crippen molar-refractivity contribution in [1.29, 1.82) is 0 Å². The molecule has 0 saturated heterocycles. The van der Waals surface area contributed by atoms with Gasteiger partial charge < -0.3 is 14.6 Å². The SMILES string of the molecule is COc1ccc(N(C)S(=O)(=O)c2ccc(Cl)c(C(=O)NCc3nc4ccccc4n3C)c2)cc1. The number of aromatic nitrogens is 2. The van der Waals surface area contributed by atoms with Gasteiger partial charge in [0, 0.05) is 14.1 Å². The molecular weight excluding hydrogens is 476 g/mol. The Balaban J connectivity index is 1.56. The summed E-state index contributed by atoms with van der Waals surface area (Å²) in [5.74, 6) is 0.774. The molecule has 0 aliphatic carbocycles. The molecule has 4 aromatic rings. The maximum Gasteiger partial charge on any atom is 0.264 e. The molecule has 3 aromatic carbocycles. The van der Waals surface area contributed by atoms with E-state index in [1.54, 1.807) is 24.3 Å². The van der Waals surface area contributed by atoms with Crippen molar-refractivity contribution in [2.75, 3.05) is 18.5 Å². The number of nitrogens with one attached hydrogen (secondary N) is 1. The molecule has 1 aromatic heterocycles. The van der Waals surface area contributed by atoms with Crippen LogP contribution in [0.25, 0.3) is 11.0 Å². The average Bonchev–Trinajstić information content (AvgIpc) is 3.17. The van der Waals surface area contributed by atoms with E-state index in [0.717, 1.165) is 15.3 Å². The first-order valence-corrected chi connectivity index (χ1v) is 12.1. The van der Waals surface area contributed by atoms with Crippen LogP contribution in [-0.4, -0.2) is 38.0 Å². The number of sulfonamides is 1. The lowest BCUT2D eigenvalue weighted by Gasteiger charge is -2.20. The van der Waals surface area contributed by atoms with Crippen LogP contribution in [0.15, 0.2) is 71.6 Å². The number of halogens is 1. The maximum absolute atomic E-state index is 13.2. The topological polar surface area (TPSA) is 93.5 Å². The van der Waals surface area contributed by atoms with Crippen LogP contribution in [0.1, 0.15) is 16.2 Å².